The van der Waals surface area contributed by atoms with Crippen LogP contribution >= 0.6 is 0 Å². The summed E-state index contributed by atoms with van der Waals surface area (Å²) in [5.74, 6) is 1.000. The molecule has 5 aromatic carbocycles. The molecule has 4 heteroatoms. The first-order valence-electron chi connectivity index (χ1n) is 16.1. The molecule has 232 valence electrons. The monoisotopic (exact) mass is 621 g/mol. The predicted octanol–water partition coefficient (Wildman–Crippen LogP) is 11.2. The lowest BCUT2D eigenvalue weighted by atomic mass is 9.92. The highest BCUT2D eigenvalue weighted by Gasteiger charge is 2.15. The standard InChI is InChI=1S/C44H35N3O/c1-2-3-15-38(32-33-23-25-37(26-24-33)44-46-45-43(48-44)36-18-8-6-9-19-36)41-21-12-11-20-40(41)34-27-29-39(30-28-34)47-31-14-5-4-7-16-35-17-10-13-22-42(35)47/h2-15,17-30,32H,1,16,31H2/b7-4-,14-5-,15-3-,38-32-. The lowest BCUT2D eigenvalue weighted by molar-refractivity contribution is 0.584. The van der Waals surface area contributed by atoms with E-state index in [9.17, 15) is 0 Å². The molecule has 2 heterocycles. The quantitative estimate of drug-likeness (QED) is 0.125. The number of nitrogens with zero attached hydrogens (tertiary/aromatic N) is 3. The highest BCUT2D eigenvalue weighted by molar-refractivity contribution is 5.94. The molecule has 0 N–H and O–H groups in total. The molecule has 7 rings (SSSR count). The van der Waals surface area contributed by atoms with Crippen LogP contribution in [0.5, 0.6) is 0 Å². The maximum absolute atomic E-state index is 5.98. The van der Waals surface area contributed by atoms with Gasteiger partial charge >= 0.3 is 0 Å². The van der Waals surface area contributed by atoms with Gasteiger partial charge in [-0.2, -0.15) is 0 Å². The van der Waals surface area contributed by atoms with Crippen molar-refractivity contribution >= 4 is 23.0 Å². The first-order valence-corrected chi connectivity index (χ1v) is 16.1. The first kappa shape index (κ1) is 30.4. The summed E-state index contributed by atoms with van der Waals surface area (Å²) in [7, 11) is 0. The number of hydrogen-bond acceptors (Lipinski definition) is 4. The van der Waals surface area contributed by atoms with Crippen LogP contribution in [0.25, 0.3) is 45.7 Å². The number of fused-ring (bicyclic) bond motifs is 1. The summed E-state index contributed by atoms with van der Waals surface area (Å²) >= 11 is 0. The Bertz CT molecular complexity index is 2130. The summed E-state index contributed by atoms with van der Waals surface area (Å²) in [5.41, 5.74) is 11.1. The van der Waals surface area contributed by atoms with Gasteiger partial charge in [0.15, 0.2) is 0 Å². The van der Waals surface area contributed by atoms with Crippen LogP contribution in [0.3, 0.4) is 0 Å². The number of hydrogen-bond donors (Lipinski definition) is 0. The lowest BCUT2D eigenvalue weighted by Crippen LogP contribution is -2.18. The van der Waals surface area contributed by atoms with Gasteiger partial charge in [0.1, 0.15) is 0 Å². The van der Waals surface area contributed by atoms with E-state index in [2.05, 4.69) is 143 Å². The average molecular weight is 622 g/mol. The summed E-state index contributed by atoms with van der Waals surface area (Å²) in [6.07, 6.45) is 17.7. The van der Waals surface area contributed by atoms with Gasteiger partial charge in [-0.25, -0.2) is 0 Å². The van der Waals surface area contributed by atoms with Gasteiger partial charge in [0.2, 0.25) is 11.8 Å². The molecule has 0 amide bonds. The fraction of sp³-hybridized carbons (Fsp3) is 0.0455. The Kier molecular flexibility index (Phi) is 9.15. The zero-order valence-corrected chi connectivity index (χ0v) is 26.6. The fourth-order valence-corrected chi connectivity index (χ4v) is 5.94. The second kappa shape index (κ2) is 14.4. The molecule has 1 aromatic heterocycles. The van der Waals surface area contributed by atoms with Gasteiger partial charge in [0.05, 0.1) is 0 Å². The number of rotatable bonds is 8. The van der Waals surface area contributed by atoms with Crippen LogP contribution in [0.1, 0.15) is 16.7 Å². The smallest absolute Gasteiger partial charge is 0.248 e. The predicted molar refractivity (Wildman–Crippen MR) is 200 cm³/mol. The first-order chi connectivity index (χ1) is 23.8. The third-order valence-corrected chi connectivity index (χ3v) is 8.36. The van der Waals surface area contributed by atoms with Crippen LogP contribution in [0, 0.1) is 0 Å². The average Bonchev–Trinajstić information content (AvgIpc) is 3.68. The van der Waals surface area contributed by atoms with E-state index in [1.807, 2.05) is 54.6 Å². The molecule has 0 atom stereocenters. The van der Waals surface area contributed by atoms with Crippen molar-refractivity contribution in [2.24, 2.45) is 0 Å². The molecule has 1 aliphatic rings. The normalized spacial score (nSPS) is 14.5. The van der Waals surface area contributed by atoms with Crippen molar-refractivity contribution in [1.29, 1.82) is 0 Å². The van der Waals surface area contributed by atoms with E-state index in [1.54, 1.807) is 0 Å². The van der Waals surface area contributed by atoms with Crippen LogP contribution < -0.4 is 4.90 Å². The van der Waals surface area contributed by atoms with Gasteiger partial charge < -0.3 is 9.32 Å². The molecule has 0 radical (unpaired) electrons. The Morgan fingerprint density at radius 1 is 0.667 bits per heavy atom. The summed E-state index contributed by atoms with van der Waals surface area (Å²) in [6.45, 7) is 4.72. The van der Waals surface area contributed by atoms with E-state index >= 15 is 0 Å². The Morgan fingerprint density at radius 2 is 1.33 bits per heavy atom. The van der Waals surface area contributed by atoms with Crippen LogP contribution in [0.4, 0.5) is 11.4 Å². The van der Waals surface area contributed by atoms with E-state index in [4.69, 9.17) is 4.42 Å². The van der Waals surface area contributed by atoms with Gasteiger partial charge in [-0.15, -0.1) is 10.2 Å². The zero-order chi connectivity index (χ0) is 32.5. The molecular weight excluding hydrogens is 587 g/mol. The Labute approximate surface area is 282 Å². The Morgan fingerprint density at radius 3 is 2.12 bits per heavy atom. The maximum atomic E-state index is 5.98. The van der Waals surface area contributed by atoms with Crippen LogP contribution in [-0.4, -0.2) is 16.7 Å². The van der Waals surface area contributed by atoms with Crippen molar-refractivity contribution in [2.45, 2.75) is 6.42 Å². The van der Waals surface area contributed by atoms with E-state index in [0.717, 1.165) is 57.6 Å². The Hall–Kier alpha value is -6.26. The summed E-state index contributed by atoms with van der Waals surface area (Å²) in [5, 5.41) is 8.53. The number of allylic oxidation sites excluding steroid dienone is 7. The highest BCUT2D eigenvalue weighted by atomic mass is 16.4. The largest absolute Gasteiger partial charge is 0.416 e. The van der Waals surface area contributed by atoms with E-state index < -0.39 is 0 Å². The fourth-order valence-electron chi connectivity index (χ4n) is 5.94. The van der Waals surface area contributed by atoms with E-state index in [1.165, 1.54) is 11.3 Å². The second-order valence-corrected chi connectivity index (χ2v) is 11.5. The number of para-hydroxylation sites is 1. The third-order valence-electron chi connectivity index (χ3n) is 8.36. The van der Waals surface area contributed by atoms with Crippen molar-refractivity contribution < 1.29 is 4.42 Å². The topological polar surface area (TPSA) is 42.2 Å². The van der Waals surface area contributed by atoms with Crippen LogP contribution in [-0.2, 0) is 6.42 Å². The molecule has 4 nitrogen and oxygen atoms in total. The van der Waals surface area contributed by atoms with Crippen molar-refractivity contribution in [1.82, 2.24) is 10.2 Å². The van der Waals surface area contributed by atoms with Gasteiger partial charge in [-0.3, -0.25) is 0 Å². The minimum Gasteiger partial charge on any atom is -0.416 e. The van der Waals surface area contributed by atoms with Gasteiger partial charge in [-0.1, -0.05) is 134 Å². The molecule has 6 aromatic rings. The maximum Gasteiger partial charge on any atom is 0.248 e. The molecule has 0 fully saturated rings. The SMILES string of the molecule is C=C/C=C\C(=C\c1ccc(-c2nnc(-c3ccccc3)o2)cc1)c1ccccc1-c1ccc(N2C/C=C\C=C/Cc3ccccc32)cc1. The molecule has 0 spiro atoms. The zero-order valence-electron chi connectivity index (χ0n) is 26.6. The molecule has 0 saturated heterocycles. The third kappa shape index (κ3) is 6.79. The highest BCUT2D eigenvalue weighted by Crippen LogP contribution is 2.35. The van der Waals surface area contributed by atoms with E-state index in [0.29, 0.717) is 11.8 Å². The number of anilines is 2. The number of aromatic nitrogens is 2. The summed E-state index contributed by atoms with van der Waals surface area (Å²) < 4.78 is 5.98. The van der Waals surface area contributed by atoms with Gasteiger partial charge in [0.25, 0.3) is 0 Å². The molecule has 1 aliphatic heterocycles. The minimum atomic E-state index is 0.493. The van der Waals surface area contributed by atoms with Crippen molar-refractivity contribution in [3.63, 3.8) is 0 Å². The second-order valence-electron chi connectivity index (χ2n) is 11.5. The molecule has 0 bridgehead atoms. The molecule has 0 unspecified atom stereocenters. The van der Waals surface area contributed by atoms with Crippen molar-refractivity contribution in [3.05, 3.63) is 193 Å². The molecule has 0 saturated carbocycles. The van der Waals surface area contributed by atoms with Crippen molar-refractivity contribution in [3.8, 4) is 34.0 Å². The minimum absolute atomic E-state index is 0.493. The van der Waals surface area contributed by atoms with Gasteiger partial charge in [0, 0.05) is 29.0 Å². The van der Waals surface area contributed by atoms with Gasteiger partial charge in [-0.05, 0) is 88.4 Å². The Balaban J connectivity index is 1.18. The molecular formula is C44H35N3O. The van der Waals surface area contributed by atoms with Crippen LogP contribution in [0.2, 0.25) is 0 Å². The summed E-state index contributed by atoms with van der Waals surface area (Å²) in [6, 6.07) is 44.1. The van der Waals surface area contributed by atoms with E-state index in [-0.39, 0.29) is 0 Å². The molecule has 48 heavy (non-hydrogen) atoms. The molecule has 0 aliphatic carbocycles. The van der Waals surface area contributed by atoms with Crippen LogP contribution in [0.15, 0.2) is 181 Å². The number of benzene rings is 5. The summed E-state index contributed by atoms with van der Waals surface area (Å²) in [4.78, 5) is 2.38. The lowest BCUT2D eigenvalue weighted by Gasteiger charge is -2.26. The van der Waals surface area contributed by atoms with Crippen molar-refractivity contribution in [2.75, 3.05) is 11.4 Å².